The third kappa shape index (κ3) is 3.61. The number of rotatable bonds is 7. The van der Waals surface area contributed by atoms with Crippen LogP contribution in [0.25, 0.3) is 0 Å². The molecule has 0 radical (unpaired) electrons. The first kappa shape index (κ1) is 14.6. The molecule has 3 N–H and O–H groups in total. The fourth-order valence-corrected chi connectivity index (χ4v) is 2.76. The molecular formula is C12H19N5O2S. The summed E-state index contributed by atoms with van der Waals surface area (Å²) in [6.45, 7) is 3.59. The van der Waals surface area contributed by atoms with E-state index in [0.717, 1.165) is 18.7 Å². The molecule has 0 bridgehead atoms. The molecule has 0 unspecified atom stereocenters. The standard InChI is InChI=1S/C12H19N5O2S/c1-3-5-13-8-10-7-11(9-14-10)20(18,19)16-12-4-6-17(2)15-12/h4,6-7,9,13-14H,3,5,8H2,1-2H3,(H,15,16). The number of nitrogens with one attached hydrogen (secondary N) is 3. The lowest BCUT2D eigenvalue weighted by Crippen LogP contribution is -2.14. The number of aromatic amines is 1. The van der Waals surface area contributed by atoms with Crippen molar-refractivity contribution in [3.63, 3.8) is 0 Å². The van der Waals surface area contributed by atoms with Crippen molar-refractivity contribution in [2.45, 2.75) is 24.8 Å². The van der Waals surface area contributed by atoms with Gasteiger partial charge in [-0.3, -0.25) is 9.40 Å². The van der Waals surface area contributed by atoms with Crippen molar-refractivity contribution in [1.29, 1.82) is 0 Å². The van der Waals surface area contributed by atoms with E-state index in [1.807, 2.05) is 0 Å². The van der Waals surface area contributed by atoms with E-state index in [1.165, 1.54) is 10.9 Å². The molecule has 0 saturated carbocycles. The van der Waals surface area contributed by atoms with E-state index >= 15 is 0 Å². The largest absolute Gasteiger partial charge is 0.363 e. The maximum Gasteiger partial charge on any atom is 0.264 e. The third-order valence-electron chi connectivity index (χ3n) is 2.72. The highest BCUT2D eigenvalue weighted by Gasteiger charge is 2.17. The highest BCUT2D eigenvalue weighted by atomic mass is 32.2. The second-order valence-electron chi connectivity index (χ2n) is 4.52. The lowest BCUT2D eigenvalue weighted by atomic mass is 10.4. The van der Waals surface area contributed by atoms with Gasteiger partial charge < -0.3 is 10.3 Å². The predicted octanol–water partition coefficient (Wildman–Crippen LogP) is 1.05. The average molecular weight is 297 g/mol. The van der Waals surface area contributed by atoms with E-state index in [-0.39, 0.29) is 4.90 Å². The minimum atomic E-state index is -3.59. The van der Waals surface area contributed by atoms with Crippen molar-refractivity contribution < 1.29 is 8.42 Å². The van der Waals surface area contributed by atoms with Crippen molar-refractivity contribution in [3.05, 3.63) is 30.2 Å². The smallest absolute Gasteiger partial charge is 0.264 e. The first-order valence-electron chi connectivity index (χ1n) is 6.42. The molecule has 110 valence electrons. The van der Waals surface area contributed by atoms with E-state index in [9.17, 15) is 8.42 Å². The van der Waals surface area contributed by atoms with Crippen LogP contribution in [-0.4, -0.2) is 29.7 Å². The molecule has 0 atom stereocenters. The Morgan fingerprint density at radius 3 is 2.90 bits per heavy atom. The summed E-state index contributed by atoms with van der Waals surface area (Å²) >= 11 is 0. The van der Waals surface area contributed by atoms with Crippen molar-refractivity contribution in [2.75, 3.05) is 11.3 Å². The molecule has 0 aliphatic heterocycles. The maximum absolute atomic E-state index is 12.2. The van der Waals surface area contributed by atoms with Crippen LogP contribution in [0.2, 0.25) is 0 Å². The van der Waals surface area contributed by atoms with Crippen LogP contribution in [0.4, 0.5) is 5.82 Å². The number of nitrogens with zero attached hydrogens (tertiary/aromatic N) is 2. The number of hydrogen-bond acceptors (Lipinski definition) is 4. The summed E-state index contributed by atoms with van der Waals surface area (Å²) in [6.07, 6.45) is 4.19. The van der Waals surface area contributed by atoms with Crippen molar-refractivity contribution in [2.24, 2.45) is 7.05 Å². The van der Waals surface area contributed by atoms with E-state index in [2.05, 4.69) is 27.0 Å². The molecule has 2 aromatic heterocycles. The highest BCUT2D eigenvalue weighted by Crippen LogP contribution is 2.15. The number of sulfonamides is 1. The molecule has 0 amide bonds. The van der Waals surface area contributed by atoms with Gasteiger partial charge in [0.25, 0.3) is 10.0 Å². The lowest BCUT2D eigenvalue weighted by molar-refractivity contribution is 0.601. The summed E-state index contributed by atoms with van der Waals surface area (Å²) in [5, 5.41) is 7.20. The summed E-state index contributed by atoms with van der Waals surface area (Å²) < 4.78 is 28.3. The van der Waals surface area contributed by atoms with Crippen LogP contribution in [0.3, 0.4) is 0 Å². The SMILES string of the molecule is CCCNCc1cc(S(=O)(=O)Nc2ccn(C)n2)c[nH]1. The van der Waals surface area contributed by atoms with E-state index in [0.29, 0.717) is 12.4 Å². The summed E-state index contributed by atoms with van der Waals surface area (Å²) in [7, 11) is -1.87. The van der Waals surface area contributed by atoms with Crippen molar-refractivity contribution in [1.82, 2.24) is 20.1 Å². The van der Waals surface area contributed by atoms with Gasteiger partial charge in [-0.15, -0.1) is 0 Å². The van der Waals surface area contributed by atoms with Gasteiger partial charge in [-0.05, 0) is 19.0 Å². The van der Waals surface area contributed by atoms with Gasteiger partial charge in [0.15, 0.2) is 5.82 Å². The molecule has 0 saturated heterocycles. The number of anilines is 1. The van der Waals surface area contributed by atoms with Gasteiger partial charge in [0.1, 0.15) is 4.90 Å². The van der Waals surface area contributed by atoms with Crippen LogP contribution in [-0.2, 0) is 23.6 Å². The Bertz CT molecular complexity index is 659. The molecule has 2 rings (SSSR count). The zero-order chi connectivity index (χ0) is 14.6. The van der Waals surface area contributed by atoms with Crippen LogP contribution in [0, 0.1) is 0 Å². The van der Waals surface area contributed by atoms with Gasteiger partial charge >= 0.3 is 0 Å². The highest BCUT2D eigenvalue weighted by molar-refractivity contribution is 7.92. The van der Waals surface area contributed by atoms with Gasteiger partial charge in [0, 0.05) is 37.7 Å². The van der Waals surface area contributed by atoms with Crippen LogP contribution in [0.1, 0.15) is 19.0 Å². The summed E-state index contributed by atoms with van der Waals surface area (Å²) in [5.74, 6) is 0.305. The van der Waals surface area contributed by atoms with E-state index in [4.69, 9.17) is 0 Å². The molecule has 0 aromatic carbocycles. The molecule has 2 aromatic rings. The number of aryl methyl sites for hydroxylation is 1. The van der Waals surface area contributed by atoms with Crippen LogP contribution in [0.5, 0.6) is 0 Å². The Balaban J connectivity index is 2.06. The Labute approximate surface area is 118 Å². The van der Waals surface area contributed by atoms with Gasteiger partial charge in [-0.2, -0.15) is 5.10 Å². The average Bonchev–Trinajstić information content (AvgIpc) is 2.99. The molecule has 0 aliphatic carbocycles. The van der Waals surface area contributed by atoms with E-state index < -0.39 is 10.0 Å². The minimum absolute atomic E-state index is 0.205. The van der Waals surface area contributed by atoms with E-state index in [1.54, 1.807) is 25.4 Å². The lowest BCUT2D eigenvalue weighted by Gasteiger charge is -2.02. The van der Waals surface area contributed by atoms with Crippen LogP contribution >= 0.6 is 0 Å². The van der Waals surface area contributed by atoms with Gasteiger partial charge in [-0.25, -0.2) is 8.42 Å². The second kappa shape index (κ2) is 6.10. The van der Waals surface area contributed by atoms with Crippen LogP contribution < -0.4 is 10.0 Å². The molecule has 0 fully saturated rings. The quantitative estimate of drug-likeness (QED) is 0.666. The third-order valence-corrected chi connectivity index (χ3v) is 4.06. The zero-order valence-electron chi connectivity index (χ0n) is 11.5. The Morgan fingerprint density at radius 2 is 2.25 bits per heavy atom. The first-order chi connectivity index (χ1) is 9.51. The second-order valence-corrected chi connectivity index (χ2v) is 6.20. The molecule has 8 heteroatoms. The fraction of sp³-hybridized carbons (Fsp3) is 0.417. The molecule has 20 heavy (non-hydrogen) atoms. The van der Waals surface area contributed by atoms with Crippen molar-refractivity contribution in [3.8, 4) is 0 Å². The van der Waals surface area contributed by atoms with Crippen LogP contribution in [0.15, 0.2) is 29.4 Å². The van der Waals surface area contributed by atoms with Gasteiger partial charge in [0.05, 0.1) is 0 Å². The maximum atomic E-state index is 12.2. The molecule has 7 nitrogen and oxygen atoms in total. The topological polar surface area (TPSA) is 91.8 Å². The summed E-state index contributed by atoms with van der Waals surface area (Å²) in [6, 6.07) is 3.22. The van der Waals surface area contributed by atoms with Gasteiger partial charge in [0.2, 0.25) is 0 Å². The molecule has 0 spiro atoms. The number of H-pyrrole nitrogens is 1. The Morgan fingerprint density at radius 1 is 1.45 bits per heavy atom. The zero-order valence-corrected chi connectivity index (χ0v) is 12.4. The first-order valence-corrected chi connectivity index (χ1v) is 7.90. The minimum Gasteiger partial charge on any atom is -0.363 e. The normalized spacial score (nSPS) is 11.7. The summed E-state index contributed by atoms with van der Waals surface area (Å²) in [4.78, 5) is 3.16. The van der Waals surface area contributed by atoms with Gasteiger partial charge in [-0.1, -0.05) is 6.92 Å². The monoisotopic (exact) mass is 297 g/mol. The molecule has 0 aliphatic rings. The Hall–Kier alpha value is -1.80. The molecular weight excluding hydrogens is 278 g/mol. The number of aromatic nitrogens is 3. The predicted molar refractivity (Wildman–Crippen MR) is 76.8 cm³/mol. The number of hydrogen-bond donors (Lipinski definition) is 3. The summed E-state index contributed by atoms with van der Waals surface area (Å²) in [5.41, 5.74) is 0.833. The van der Waals surface area contributed by atoms with Crippen molar-refractivity contribution >= 4 is 15.8 Å². The molecule has 2 heterocycles. The fourth-order valence-electron chi connectivity index (χ4n) is 1.74. The Kier molecular flexibility index (Phi) is 4.46.